The zero-order chi connectivity index (χ0) is 25.7. The Balaban J connectivity index is 1.57. The number of hydrogen-bond donors (Lipinski definition) is 0. The van der Waals surface area contributed by atoms with Crippen LogP contribution in [0.5, 0.6) is 0 Å². The third-order valence-corrected chi connectivity index (χ3v) is 23.8. The van der Waals surface area contributed by atoms with Gasteiger partial charge >= 0.3 is 227 Å². The molecule has 37 heavy (non-hydrogen) atoms. The molecule has 4 aromatic rings. The molecule has 1 fully saturated rings. The Morgan fingerprint density at radius 3 is 2.24 bits per heavy atom. The molecule has 0 aliphatic heterocycles. The van der Waals surface area contributed by atoms with Crippen LogP contribution in [0.2, 0.25) is 13.3 Å². The van der Waals surface area contributed by atoms with Crippen molar-refractivity contribution in [3.63, 3.8) is 0 Å². The number of benzene rings is 1. The molecule has 1 aliphatic carbocycles. The van der Waals surface area contributed by atoms with E-state index in [1.807, 2.05) is 31.1 Å². The second kappa shape index (κ2) is 12.1. The average molecular weight is 604 g/mol. The van der Waals surface area contributed by atoms with E-state index in [2.05, 4.69) is 64.1 Å². The molecule has 1 aliphatic rings. The standard InChI is InChI=1S/C19H16N5.3C4H9.Sn/c1-2-4-18-17(3-1)22-19(24(18)16-5-6-16)15-9-14(10-21-11-15)12-23-8-7-20-13-23;3*1-3-4-2;/h1,3-4,7-11,13,16H,5-6,12H2;3*1,3-4H2,2H3;. The molecule has 0 saturated heterocycles. The van der Waals surface area contributed by atoms with Gasteiger partial charge in [0.05, 0.1) is 0 Å². The molecule has 0 N–H and O–H groups in total. The molecular formula is C31H43N5Sn. The van der Waals surface area contributed by atoms with Crippen LogP contribution in [0.1, 0.15) is 83.7 Å². The fourth-order valence-corrected chi connectivity index (χ4v) is 21.9. The van der Waals surface area contributed by atoms with Crippen LogP contribution >= 0.6 is 0 Å². The summed E-state index contributed by atoms with van der Waals surface area (Å²) in [4.78, 5) is 14.0. The molecule has 0 unspecified atom stereocenters. The summed E-state index contributed by atoms with van der Waals surface area (Å²) >= 11 is -2.51. The summed E-state index contributed by atoms with van der Waals surface area (Å²) in [5.74, 6) is 1.09. The van der Waals surface area contributed by atoms with Crippen molar-refractivity contribution in [2.75, 3.05) is 0 Å². The Labute approximate surface area is 226 Å². The SMILES string of the molecule is CCC[CH2][Sn]([CH2]CCC)([CH2]CCC)[c]1ccc2nc(-c3cncc(Cn4ccnc4)c3)n(C3CC3)c2c1. The minimum atomic E-state index is -2.51. The van der Waals surface area contributed by atoms with Crippen molar-refractivity contribution in [2.24, 2.45) is 0 Å². The van der Waals surface area contributed by atoms with Crippen molar-refractivity contribution in [3.8, 4) is 11.4 Å². The van der Waals surface area contributed by atoms with Crippen LogP contribution in [0.4, 0.5) is 0 Å². The van der Waals surface area contributed by atoms with E-state index in [-0.39, 0.29) is 0 Å². The number of nitrogens with zero attached hydrogens (tertiary/aromatic N) is 5. The van der Waals surface area contributed by atoms with Crippen LogP contribution in [0, 0.1) is 0 Å². The Morgan fingerprint density at radius 1 is 0.892 bits per heavy atom. The van der Waals surface area contributed by atoms with Crippen molar-refractivity contribution < 1.29 is 0 Å². The normalized spacial score (nSPS) is 14.0. The quantitative estimate of drug-likeness (QED) is 0.139. The number of fused-ring (bicyclic) bond motifs is 1. The molecular weight excluding hydrogens is 561 g/mol. The molecule has 6 heteroatoms. The first-order valence-corrected chi connectivity index (χ1v) is 22.1. The van der Waals surface area contributed by atoms with E-state index < -0.39 is 18.4 Å². The van der Waals surface area contributed by atoms with Gasteiger partial charge in [-0.15, -0.1) is 0 Å². The van der Waals surface area contributed by atoms with Crippen LogP contribution in [0.15, 0.2) is 55.4 Å². The molecule has 3 heterocycles. The molecule has 1 aromatic carbocycles. The van der Waals surface area contributed by atoms with Gasteiger partial charge in [-0.3, -0.25) is 0 Å². The van der Waals surface area contributed by atoms with Crippen LogP contribution in [0.3, 0.4) is 0 Å². The van der Waals surface area contributed by atoms with E-state index in [9.17, 15) is 0 Å². The predicted octanol–water partition coefficient (Wildman–Crippen LogP) is 7.73. The first kappa shape index (κ1) is 26.5. The molecule has 1 saturated carbocycles. The number of unbranched alkanes of at least 4 members (excludes halogenated alkanes) is 3. The van der Waals surface area contributed by atoms with Gasteiger partial charge < -0.3 is 0 Å². The molecule has 196 valence electrons. The van der Waals surface area contributed by atoms with E-state index >= 15 is 0 Å². The third kappa shape index (κ3) is 5.97. The van der Waals surface area contributed by atoms with E-state index in [0.29, 0.717) is 6.04 Å². The fourth-order valence-electron chi connectivity index (χ4n) is 5.97. The van der Waals surface area contributed by atoms with Crippen molar-refractivity contribution >= 4 is 33.0 Å². The van der Waals surface area contributed by atoms with Crippen molar-refractivity contribution in [2.45, 2.75) is 98.0 Å². The minimum absolute atomic E-state index is 0.569. The van der Waals surface area contributed by atoms with Gasteiger partial charge in [0.2, 0.25) is 0 Å². The predicted molar refractivity (Wildman–Crippen MR) is 157 cm³/mol. The summed E-state index contributed by atoms with van der Waals surface area (Å²) in [6.07, 6.45) is 20.3. The topological polar surface area (TPSA) is 48.5 Å². The van der Waals surface area contributed by atoms with Crippen molar-refractivity contribution in [1.82, 2.24) is 24.1 Å². The van der Waals surface area contributed by atoms with E-state index in [4.69, 9.17) is 4.98 Å². The molecule has 5 nitrogen and oxygen atoms in total. The third-order valence-electron chi connectivity index (χ3n) is 8.22. The maximum atomic E-state index is 5.22. The number of imidazole rings is 2. The van der Waals surface area contributed by atoms with Crippen molar-refractivity contribution in [1.29, 1.82) is 0 Å². The molecule has 0 bridgehead atoms. The molecule has 0 radical (unpaired) electrons. The first-order valence-electron chi connectivity index (χ1n) is 14.6. The monoisotopic (exact) mass is 605 g/mol. The second-order valence-corrected chi connectivity index (χ2v) is 24.4. The van der Waals surface area contributed by atoms with E-state index in [1.165, 1.54) is 75.8 Å². The summed E-state index contributed by atoms with van der Waals surface area (Å²) in [5.41, 5.74) is 4.81. The molecule has 0 amide bonds. The van der Waals surface area contributed by atoms with Gasteiger partial charge in [-0.25, -0.2) is 0 Å². The van der Waals surface area contributed by atoms with Gasteiger partial charge in [-0.05, 0) is 0 Å². The van der Waals surface area contributed by atoms with Gasteiger partial charge in [0, 0.05) is 0 Å². The van der Waals surface area contributed by atoms with E-state index in [0.717, 1.165) is 23.4 Å². The van der Waals surface area contributed by atoms with Gasteiger partial charge in [0.25, 0.3) is 0 Å². The Morgan fingerprint density at radius 2 is 1.62 bits per heavy atom. The van der Waals surface area contributed by atoms with Crippen molar-refractivity contribution in [3.05, 3.63) is 60.9 Å². The summed E-state index contributed by atoms with van der Waals surface area (Å²) in [5, 5.41) is 0. The first-order chi connectivity index (χ1) is 18.2. The number of pyridine rings is 1. The zero-order valence-electron chi connectivity index (χ0n) is 23.0. The zero-order valence-corrected chi connectivity index (χ0v) is 25.8. The van der Waals surface area contributed by atoms with Gasteiger partial charge in [-0.2, -0.15) is 0 Å². The Hall–Kier alpha value is -2.15. The summed E-state index contributed by atoms with van der Waals surface area (Å²) < 4.78 is 10.9. The Kier molecular flexibility index (Phi) is 8.68. The van der Waals surface area contributed by atoms with E-state index in [1.54, 1.807) is 3.58 Å². The summed E-state index contributed by atoms with van der Waals surface area (Å²) in [6.45, 7) is 7.87. The molecule has 3 aromatic heterocycles. The Bertz CT molecular complexity index is 1270. The van der Waals surface area contributed by atoms with Gasteiger partial charge in [0.1, 0.15) is 0 Å². The van der Waals surface area contributed by atoms with Gasteiger partial charge in [0.15, 0.2) is 0 Å². The molecule has 5 rings (SSSR count). The molecule has 0 spiro atoms. The number of aromatic nitrogens is 5. The molecule has 0 atom stereocenters. The van der Waals surface area contributed by atoms with Gasteiger partial charge in [-0.1, -0.05) is 0 Å². The number of rotatable bonds is 14. The van der Waals surface area contributed by atoms with Crippen LogP contribution in [0.25, 0.3) is 22.4 Å². The fraction of sp³-hybridized carbons (Fsp3) is 0.516. The summed E-state index contributed by atoms with van der Waals surface area (Å²) in [6, 6.07) is 10.3. The second-order valence-electron chi connectivity index (χ2n) is 11.1. The van der Waals surface area contributed by atoms with Crippen LogP contribution < -0.4 is 3.58 Å². The maximum absolute atomic E-state index is 5.22. The number of hydrogen-bond acceptors (Lipinski definition) is 3. The average Bonchev–Trinajstić information content (AvgIpc) is 3.49. The van der Waals surface area contributed by atoms with Crippen LogP contribution in [-0.4, -0.2) is 42.5 Å². The summed E-state index contributed by atoms with van der Waals surface area (Å²) in [7, 11) is 0. The van der Waals surface area contributed by atoms with Crippen LogP contribution in [-0.2, 0) is 6.54 Å².